The first kappa shape index (κ1) is 19.6. The van der Waals surface area contributed by atoms with Crippen LogP contribution in [0.15, 0.2) is 48.5 Å². The Hall–Kier alpha value is -3.19. The number of hydrogen-bond donors (Lipinski definition) is 1. The lowest BCUT2D eigenvalue weighted by atomic mass is 10.1. The number of carbonyl (C=O) groups is 1. The Labute approximate surface area is 164 Å². The van der Waals surface area contributed by atoms with Crippen LogP contribution in [0.2, 0.25) is 0 Å². The Balaban J connectivity index is 1.67. The summed E-state index contributed by atoms with van der Waals surface area (Å²) in [6.45, 7) is 6.00. The molecule has 1 fully saturated rings. The number of para-hydroxylation sites is 1. The van der Waals surface area contributed by atoms with E-state index in [0.717, 1.165) is 43.1 Å². The van der Waals surface area contributed by atoms with Crippen LogP contribution in [-0.4, -0.2) is 49.0 Å². The quantitative estimate of drug-likeness (QED) is 0.489. The lowest BCUT2D eigenvalue weighted by Gasteiger charge is -2.34. The van der Waals surface area contributed by atoms with Crippen LogP contribution >= 0.6 is 0 Å². The van der Waals surface area contributed by atoms with Crippen molar-refractivity contribution in [3.8, 4) is 0 Å². The number of piperazine rings is 1. The van der Waals surface area contributed by atoms with Gasteiger partial charge in [0.25, 0.3) is 5.69 Å². The van der Waals surface area contributed by atoms with Gasteiger partial charge in [-0.25, -0.2) is 0 Å². The Bertz CT molecular complexity index is 902. The van der Waals surface area contributed by atoms with Gasteiger partial charge in [-0.2, -0.15) is 0 Å². The van der Waals surface area contributed by atoms with Crippen LogP contribution in [-0.2, 0) is 4.79 Å². The van der Waals surface area contributed by atoms with E-state index in [0.29, 0.717) is 5.56 Å². The molecule has 146 valence electrons. The van der Waals surface area contributed by atoms with Crippen molar-refractivity contribution in [1.82, 2.24) is 4.90 Å². The monoisotopic (exact) mass is 380 g/mol. The van der Waals surface area contributed by atoms with Crippen LogP contribution < -0.4 is 10.2 Å². The third-order valence-electron chi connectivity index (χ3n) is 4.88. The summed E-state index contributed by atoms with van der Waals surface area (Å²) in [7, 11) is 2.12. The van der Waals surface area contributed by atoms with Crippen molar-refractivity contribution in [1.29, 1.82) is 0 Å². The van der Waals surface area contributed by atoms with Gasteiger partial charge in [-0.05, 0) is 49.9 Å². The molecule has 3 rings (SSSR count). The van der Waals surface area contributed by atoms with Gasteiger partial charge >= 0.3 is 0 Å². The maximum Gasteiger partial charge on any atom is 0.276 e. The normalized spacial score (nSPS) is 15.0. The fourth-order valence-corrected chi connectivity index (χ4v) is 3.18. The molecule has 1 amide bonds. The highest BCUT2D eigenvalue weighted by molar-refractivity contribution is 6.02. The van der Waals surface area contributed by atoms with E-state index in [-0.39, 0.29) is 11.6 Å². The number of anilines is 2. The van der Waals surface area contributed by atoms with Gasteiger partial charge in [0.15, 0.2) is 0 Å². The van der Waals surface area contributed by atoms with E-state index in [1.54, 1.807) is 18.2 Å². The van der Waals surface area contributed by atoms with E-state index in [2.05, 4.69) is 28.2 Å². The first-order chi connectivity index (χ1) is 13.4. The number of nitro benzene ring substituents is 1. The second-order valence-electron chi connectivity index (χ2n) is 6.93. The Morgan fingerprint density at radius 1 is 1.14 bits per heavy atom. The molecule has 0 unspecified atom stereocenters. The van der Waals surface area contributed by atoms with Gasteiger partial charge in [-0.3, -0.25) is 14.9 Å². The van der Waals surface area contributed by atoms with Crippen molar-refractivity contribution in [2.75, 3.05) is 43.4 Å². The molecule has 2 aromatic rings. The minimum Gasteiger partial charge on any atom is -0.369 e. The lowest BCUT2D eigenvalue weighted by Crippen LogP contribution is -2.44. The zero-order valence-corrected chi connectivity index (χ0v) is 16.1. The van der Waals surface area contributed by atoms with E-state index in [1.165, 1.54) is 18.2 Å². The zero-order chi connectivity index (χ0) is 20.1. The maximum absolute atomic E-state index is 12.3. The minimum absolute atomic E-state index is 0.0285. The molecule has 7 nitrogen and oxygen atoms in total. The molecule has 1 aliphatic rings. The van der Waals surface area contributed by atoms with Crippen molar-refractivity contribution in [2.45, 2.75) is 6.92 Å². The number of nitrogens with one attached hydrogen (secondary N) is 1. The second-order valence-corrected chi connectivity index (χ2v) is 6.93. The van der Waals surface area contributed by atoms with Gasteiger partial charge in [0, 0.05) is 49.7 Å². The van der Waals surface area contributed by atoms with E-state index < -0.39 is 4.92 Å². The largest absolute Gasteiger partial charge is 0.369 e. The predicted octanol–water partition coefficient (Wildman–Crippen LogP) is 3.31. The van der Waals surface area contributed by atoms with Crippen LogP contribution in [0.25, 0.3) is 6.08 Å². The van der Waals surface area contributed by atoms with Crippen LogP contribution in [0.1, 0.15) is 11.1 Å². The highest BCUT2D eigenvalue weighted by Crippen LogP contribution is 2.24. The summed E-state index contributed by atoms with van der Waals surface area (Å²) in [6, 6.07) is 12.3. The zero-order valence-electron chi connectivity index (χ0n) is 16.1. The van der Waals surface area contributed by atoms with E-state index in [9.17, 15) is 14.9 Å². The average Bonchev–Trinajstić information content (AvgIpc) is 2.68. The third-order valence-corrected chi connectivity index (χ3v) is 4.88. The van der Waals surface area contributed by atoms with Crippen LogP contribution in [0.3, 0.4) is 0 Å². The molecule has 1 saturated heterocycles. The molecular weight excluding hydrogens is 356 g/mol. The van der Waals surface area contributed by atoms with E-state index in [1.807, 2.05) is 19.1 Å². The molecule has 0 radical (unpaired) electrons. The third kappa shape index (κ3) is 4.75. The summed E-state index contributed by atoms with van der Waals surface area (Å²) < 4.78 is 0. The van der Waals surface area contributed by atoms with Gasteiger partial charge < -0.3 is 15.1 Å². The molecule has 2 aromatic carbocycles. The Morgan fingerprint density at radius 3 is 2.54 bits per heavy atom. The van der Waals surface area contributed by atoms with Crippen molar-refractivity contribution in [3.05, 3.63) is 69.8 Å². The molecule has 1 heterocycles. The number of rotatable bonds is 5. The van der Waals surface area contributed by atoms with Gasteiger partial charge in [0.2, 0.25) is 5.91 Å². The number of nitrogens with zero attached hydrogens (tertiary/aromatic N) is 3. The summed E-state index contributed by atoms with van der Waals surface area (Å²) in [5.41, 5.74) is 3.22. The molecule has 1 N–H and O–H groups in total. The van der Waals surface area contributed by atoms with Gasteiger partial charge in [0.1, 0.15) is 0 Å². The number of likely N-dealkylation sites (N-methyl/N-ethyl adjacent to an activating group) is 1. The van der Waals surface area contributed by atoms with Crippen molar-refractivity contribution < 1.29 is 9.72 Å². The highest BCUT2D eigenvalue weighted by Gasteiger charge is 2.15. The van der Waals surface area contributed by atoms with Crippen LogP contribution in [0.5, 0.6) is 0 Å². The standard InChI is InChI=1S/C21H24N4O3/c1-16-15-18(24-13-11-23(2)12-14-24)8-9-19(16)22-21(26)10-7-17-5-3-4-6-20(17)25(27)28/h3-10,15H,11-14H2,1-2H3,(H,22,26)/b10-7+. The van der Waals surface area contributed by atoms with Crippen molar-refractivity contribution >= 4 is 29.0 Å². The topological polar surface area (TPSA) is 78.7 Å². The highest BCUT2D eigenvalue weighted by atomic mass is 16.6. The molecule has 0 aromatic heterocycles. The van der Waals surface area contributed by atoms with Crippen molar-refractivity contribution in [2.24, 2.45) is 0 Å². The Kier molecular flexibility index (Phi) is 6.06. The average molecular weight is 380 g/mol. The predicted molar refractivity (Wildman–Crippen MR) is 112 cm³/mol. The summed E-state index contributed by atoms with van der Waals surface area (Å²) in [5.74, 6) is -0.325. The molecular formula is C21H24N4O3. The molecule has 1 aliphatic heterocycles. The molecule has 7 heteroatoms. The number of hydrogen-bond acceptors (Lipinski definition) is 5. The molecule has 0 saturated carbocycles. The Morgan fingerprint density at radius 2 is 1.86 bits per heavy atom. The first-order valence-corrected chi connectivity index (χ1v) is 9.20. The molecule has 0 spiro atoms. The van der Waals surface area contributed by atoms with Gasteiger partial charge in [-0.15, -0.1) is 0 Å². The van der Waals surface area contributed by atoms with Crippen LogP contribution in [0, 0.1) is 17.0 Å². The van der Waals surface area contributed by atoms with Crippen LogP contribution in [0.4, 0.5) is 17.1 Å². The minimum atomic E-state index is -0.460. The van der Waals surface area contributed by atoms with Gasteiger partial charge in [-0.1, -0.05) is 12.1 Å². The maximum atomic E-state index is 12.3. The lowest BCUT2D eigenvalue weighted by molar-refractivity contribution is -0.385. The van der Waals surface area contributed by atoms with Gasteiger partial charge in [0.05, 0.1) is 10.5 Å². The van der Waals surface area contributed by atoms with Crippen molar-refractivity contribution in [3.63, 3.8) is 0 Å². The summed E-state index contributed by atoms with van der Waals surface area (Å²) in [4.78, 5) is 27.5. The van der Waals surface area contributed by atoms with E-state index in [4.69, 9.17) is 0 Å². The summed E-state index contributed by atoms with van der Waals surface area (Å²) >= 11 is 0. The molecule has 0 atom stereocenters. The molecule has 0 bridgehead atoms. The number of carbonyl (C=O) groups excluding carboxylic acids is 1. The fourth-order valence-electron chi connectivity index (χ4n) is 3.18. The fraction of sp³-hybridized carbons (Fsp3) is 0.286. The SMILES string of the molecule is Cc1cc(N2CCN(C)CC2)ccc1NC(=O)/C=C/c1ccccc1[N+](=O)[O-]. The number of aryl methyl sites for hydroxylation is 1. The number of amides is 1. The number of nitro groups is 1. The molecule has 28 heavy (non-hydrogen) atoms. The smallest absolute Gasteiger partial charge is 0.276 e. The second kappa shape index (κ2) is 8.67. The number of benzene rings is 2. The first-order valence-electron chi connectivity index (χ1n) is 9.20. The summed E-state index contributed by atoms with van der Waals surface area (Å²) in [5, 5.41) is 13.9. The summed E-state index contributed by atoms with van der Waals surface area (Å²) in [6.07, 6.45) is 2.78. The van der Waals surface area contributed by atoms with E-state index >= 15 is 0 Å². The molecule has 0 aliphatic carbocycles.